The van der Waals surface area contributed by atoms with E-state index in [0.717, 1.165) is 37.7 Å². The fraction of sp³-hybridized carbons (Fsp3) is 0.630. The maximum absolute atomic E-state index is 15.3. The molecule has 4 aliphatic rings. The van der Waals surface area contributed by atoms with E-state index in [-0.39, 0.29) is 28.0 Å². The number of nitrogens with zero attached hydrogens (tertiary/aromatic N) is 1. The predicted octanol–water partition coefficient (Wildman–Crippen LogP) is 5.84. The molecule has 5 rings (SSSR count). The van der Waals surface area contributed by atoms with Crippen LogP contribution in [-0.4, -0.2) is 45.7 Å². The van der Waals surface area contributed by atoms with Crippen LogP contribution in [-0.2, 0) is 4.79 Å². The lowest BCUT2D eigenvalue weighted by atomic mass is 9.60. The number of aliphatic carboxylic acids is 1. The van der Waals surface area contributed by atoms with E-state index in [1.165, 1.54) is 34.7 Å². The number of rotatable bonds is 6. The molecule has 3 fully saturated rings. The number of hydrogen-bond acceptors (Lipinski definition) is 4. The normalized spacial score (nSPS) is 32.9. The van der Waals surface area contributed by atoms with E-state index in [0.29, 0.717) is 24.2 Å². The van der Waals surface area contributed by atoms with Crippen molar-refractivity contribution in [3.8, 4) is 5.75 Å². The summed E-state index contributed by atoms with van der Waals surface area (Å²) in [4.78, 5) is 26.2. The number of hydrogen-bond donors (Lipinski definition) is 1. The van der Waals surface area contributed by atoms with Crippen molar-refractivity contribution >= 4 is 23.6 Å². The molecule has 3 unspecified atom stereocenters. The molecule has 0 radical (unpaired) electrons. The molecule has 1 aromatic carbocycles. The first-order valence-electron chi connectivity index (χ1n) is 12.5. The summed E-state index contributed by atoms with van der Waals surface area (Å²) in [5.41, 5.74) is 2.42. The monoisotopic (exact) mass is 487 g/mol. The maximum atomic E-state index is 15.3. The molecule has 5 nitrogen and oxygen atoms in total. The highest BCUT2D eigenvalue weighted by Gasteiger charge is 2.44. The summed E-state index contributed by atoms with van der Waals surface area (Å²) in [6, 6.07) is 2.06. The van der Waals surface area contributed by atoms with E-state index in [9.17, 15) is 14.7 Å². The zero-order valence-corrected chi connectivity index (χ0v) is 21.0. The van der Waals surface area contributed by atoms with E-state index in [1.807, 2.05) is 0 Å². The molecule has 1 saturated heterocycles. The van der Waals surface area contributed by atoms with Crippen LogP contribution in [0.2, 0.25) is 0 Å². The Bertz CT molecular complexity index is 1040. The van der Waals surface area contributed by atoms with Gasteiger partial charge in [-0.2, -0.15) is 0 Å². The molecule has 1 heterocycles. The molecular formula is C27H34FNO4S. The lowest BCUT2D eigenvalue weighted by Crippen LogP contribution is -2.44. The molecule has 7 heteroatoms. The Hall–Kier alpha value is -2.02. The highest BCUT2D eigenvalue weighted by molar-refractivity contribution is 8.00. The summed E-state index contributed by atoms with van der Waals surface area (Å²) in [7, 11) is 0. The lowest BCUT2D eigenvalue weighted by Gasteiger charge is -2.46. The molecule has 1 N–H and O–H groups in total. The van der Waals surface area contributed by atoms with Crippen LogP contribution in [0.15, 0.2) is 23.8 Å². The third-order valence-electron chi connectivity index (χ3n) is 8.30. The van der Waals surface area contributed by atoms with Gasteiger partial charge in [-0.15, -0.1) is 11.8 Å². The highest BCUT2D eigenvalue weighted by atomic mass is 32.2. The van der Waals surface area contributed by atoms with E-state index < -0.39 is 23.7 Å². The number of thioether (sulfide) groups is 1. The third-order valence-corrected chi connectivity index (χ3v) is 9.51. The van der Waals surface area contributed by atoms with Crippen LogP contribution < -0.4 is 4.74 Å². The number of benzene rings is 1. The molecule has 2 saturated carbocycles. The Labute approximate surface area is 205 Å². The predicted molar refractivity (Wildman–Crippen MR) is 131 cm³/mol. The third kappa shape index (κ3) is 4.36. The summed E-state index contributed by atoms with van der Waals surface area (Å²) in [5, 5.41) is 9.36. The van der Waals surface area contributed by atoms with E-state index in [4.69, 9.17) is 4.74 Å². The molecule has 34 heavy (non-hydrogen) atoms. The smallest absolute Gasteiger partial charge is 0.327 e. The fourth-order valence-electron chi connectivity index (χ4n) is 6.33. The second kappa shape index (κ2) is 8.89. The molecule has 184 valence electrons. The topological polar surface area (TPSA) is 66.8 Å². The first-order valence-corrected chi connectivity index (χ1v) is 13.5. The van der Waals surface area contributed by atoms with Crippen molar-refractivity contribution in [1.82, 2.24) is 4.90 Å². The van der Waals surface area contributed by atoms with Gasteiger partial charge < -0.3 is 14.7 Å². The van der Waals surface area contributed by atoms with Gasteiger partial charge >= 0.3 is 5.97 Å². The van der Waals surface area contributed by atoms with Crippen molar-refractivity contribution in [2.24, 2.45) is 17.3 Å². The molecular weight excluding hydrogens is 453 g/mol. The number of carbonyl (C=O) groups is 2. The van der Waals surface area contributed by atoms with Crippen LogP contribution in [0, 0.1) is 23.1 Å². The Morgan fingerprint density at radius 3 is 2.71 bits per heavy atom. The number of fused-ring (bicyclic) bond motifs is 2. The SMILES string of the molecule is CC1=CCC2(COc3cc(F)c(C(=O)N4CS[C@@H](C)[C@H]4C(=O)O)cc3C3CC3)CC(C)CC1C2. The minimum atomic E-state index is -1.05. The molecule has 0 aromatic heterocycles. The number of carboxylic acids is 1. The van der Waals surface area contributed by atoms with Crippen LogP contribution >= 0.6 is 11.8 Å². The Morgan fingerprint density at radius 2 is 2.00 bits per heavy atom. The van der Waals surface area contributed by atoms with Gasteiger partial charge in [0.25, 0.3) is 5.91 Å². The molecule has 3 aliphatic carbocycles. The van der Waals surface area contributed by atoms with Gasteiger partial charge in [0.2, 0.25) is 0 Å². The van der Waals surface area contributed by atoms with Crippen LogP contribution in [0.3, 0.4) is 0 Å². The van der Waals surface area contributed by atoms with Gasteiger partial charge in [0, 0.05) is 16.7 Å². The minimum absolute atomic E-state index is 0.0454. The summed E-state index contributed by atoms with van der Waals surface area (Å²) in [6.45, 7) is 6.90. The van der Waals surface area contributed by atoms with E-state index >= 15 is 4.39 Å². The second-order valence-corrected chi connectivity index (χ2v) is 12.4. The number of amides is 1. The molecule has 0 spiro atoms. The van der Waals surface area contributed by atoms with Crippen LogP contribution in [0.1, 0.15) is 81.1 Å². The number of carboxylic acid groups (broad SMARTS) is 1. The van der Waals surface area contributed by atoms with Gasteiger partial charge in [-0.05, 0) is 74.8 Å². The van der Waals surface area contributed by atoms with Crippen LogP contribution in [0.4, 0.5) is 4.39 Å². The van der Waals surface area contributed by atoms with E-state index in [1.54, 1.807) is 13.0 Å². The Kier molecular flexibility index (Phi) is 6.20. The zero-order valence-electron chi connectivity index (χ0n) is 20.2. The molecule has 1 aromatic rings. The molecule has 1 amide bonds. The average Bonchev–Trinajstić information content (AvgIpc) is 3.55. The van der Waals surface area contributed by atoms with Gasteiger partial charge in [-0.3, -0.25) is 4.79 Å². The van der Waals surface area contributed by atoms with Gasteiger partial charge in [0.15, 0.2) is 0 Å². The van der Waals surface area contributed by atoms with E-state index in [2.05, 4.69) is 19.9 Å². The largest absolute Gasteiger partial charge is 0.493 e. The summed E-state index contributed by atoms with van der Waals surface area (Å²) < 4.78 is 21.6. The lowest BCUT2D eigenvalue weighted by molar-refractivity contribution is -0.141. The maximum Gasteiger partial charge on any atom is 0.327 e. The molecule has 2 bridgehead atoms. The second-order valence-electron chi connectivity index (χ2n) is 11.1. The van der Waals surface area contributed by atoms with Gasteiger partial charge in [-0.25, -0.2) is 9.18 Å². The first kappa shape index (κ1) is 23.7. The molecule has 5 atom stereocenters. The van der Waals surface area contributed by atoms with Crippen molar-refractivity contribution in [1.29, 1.82) is 0 Å². The summed E-state index contributed by atoms with van der Waals surface area (Å²) in [6.07, 6.45) is 8.83. The summed E-state index contributed by atoms with van der Waals surface area (Å²) >= 11 is 1.40. The summed E-state index contributed by atoms with van der Waals surface area (Å²) in [5.74, 6) is 0.0963. The number of carbonyl (C=O) groups excluding carboxylic acids is 1. The number of ether oxygens (including phenoxy) is 1. The standard InChI is InChI=1S/C27H34FNO4S/c1-15-8-19-12-27(11-15,7-6-16(19)2)13-33-23-10-22(28)21(9-20(23)18-4-5-18)25(30)29-14-34-17(3)24(29)26(31)32/h6,9-10,15,17-19,24H,4-5,7-8,11-14H2,1-3H3,(H,31,32)/t15?,17-,19?,24-,27?/m0/s1. The number of allylic oxidation sites excluding steroid dienone is 2. The van der Waals surface area contributed by atoms with Crippen molar-refractivity contribution in [2.45, 2.75) is 76.5 Å². The number of halogens is 1. The minimum Gasteiger partial charge on any atom is -0.493 e. The van der Waals surface area contributed by atoms with Crippen molar-refractivity contribution < 1.29 is 23.8 Å². The fourth-order valence-corrected chi connectivity index (χ4v) is 7.45. The first-order chi connectivity index (χ1) is 16.2. The van der Waals surface area contributed by atoms with Crippen molar-refractivity contribution in [3.63, 3.8) is 0 Å². The average molecular weight is 488 g/mol. The van der Waals surface area contributed by atoms with Gasteiger partial charge in [-0.1, -0.05) is 25.5 Å². The van der Waals surface area contributed by atoms with Crippen molar-refractivity contribution in [3.05, 3.63) is 40.7 Å². The van der Waals surface area contributed by atoms with Crippen molar-refractivity contribution in [2.75, 3.05) is 12.5 Å². The molecule has 1 aliphatic heterocycles. The quantitative estimate of drug-likeness (QED) is 0.511. The highest BCUT2D eigenvalue weighted by Crippen LogP contribution is 2.51. The zero-order chi connectivity index (χ0) is 24.2. The van der Waals surface area contributed by atoms with Crippen LogP contribution in [0.25, 0.3) is 0 Å². The Morgan fingerprint density at radius 1 is 1.24 bits per heavy atom. The Balaban J connectivity index is 1.39. The van der Waals surface area contributed by atoms with Crippen LogP contribution in [0.5, 0.6) is 5.75 Å². The van der Waals surface area contributed by atoms with Gasteiger partial charge in [0.1, 0.15) is 17.6 Å². The van der Waals surface area contributed by atoms with Gasteiger partial charge in [0.05, 0.1) is 18.0 Å².